The van der Waals surface area contributed by atoms with Gasteiger partial charge in [-0.15, -0.1) is 11.6 Å². The molecule has 0 spiro atoms. The molecule has 0 N–H and O–H groups in total. The van der Waals surface area contributed by atoms with Gasteiger partial charge in [-0.3, -0.25) is 0 Å². The Morgan fingerprint density at radius 2 is 1.79 bits per heavy atom. The van der Waals surface area contributed by atoms with Crippen molar-refractivity contribution in [1.29, 1.82) is 0 Å². The van der Waals surface area contributed by atoms with Crippen LogP contribution in [-0.2, 0) is 12.1 Å². The molecule has 0 aliphatic carbocycles. The summed E-state index contributed by atoms with van der Waals surface area (Å²) >= 11 is 11.7. The highest BCUT2D eigenvalue weighted by molar-refractivity contribution is 9.13. The summed E-state index contributed by atoms with van der Waals surface area (Å²) in [5, 5.41) is 0. The first kappa shape index (κ1) is 12.3. The molecule has 0 aliphatic rings. The van der Waals surface area contributed by atoms with Gasteiger partial charge in [-0.2, -0.15) is 13.2 Å². The molecule has 78 valence electrons. The van der Waals surface area contributed by atoms with Gasteiger partial charge in [-0.1, -0.05) is 0 Å². The first-order valence-electron chi connectivity index (χ1n) is 3.47. The second-order valence-corrected chi connectivity index (χ2v) is 4.48. The fourth-order valence-corrected chi connectivity index (χ4v) is 2.15. The van der Waals surface area contributed by atoms with Gasteiger partial charge >= 0.3 is 6.18 Å². The van der Waals surface area contributed by atoms with Crippen LogP contribution in [0.2, 0.25) is 0 Å². The maximum atomic E-state index is 12.3. The summed E-state index contributed by atoms with van der Waals surface area (Å²) < 4.78 is 37.9. The van der Waals surface area contributed by atoms with Crippen molar-refractivity contribution >= 4 is 43.5 Å². The lowest BCUT2D eigenvalue weighted by molar-refractivity contribution is -0.137. The Bertz CT molecular complexity index is 349. The van der Waals surface area contributed by atoms with Gasteiger partial charge in [0.2, 0.25) is 0 Å². The Labute approximate surface area is 101 Å². The van der Waals surface area contributed by atoms with Crippen molar-refractivity contribution in [2.45, 2.75) is 12.1 Å². The maximum absolute atomic E-state index is 12.3. The van der Waals surface area contributed by atoms with Gasteiger partial charge in [0.25, 0.3) is 0 Å². The van der Waals surface area contributed by atoms with E-state index in [1.807, 2.05) is 0 Å². The van der Waals surface area contributed by atoms with Crippen LogP contribution in [0.25, 0.3) is 0 Å². The average Bonchev–Trinajstić information content (AvgIpc) is 2.07. The second kappa shape index (κ2) is 4.41. The van der Waals surface area contributed by atoms with E-state index in [0.717, 1.165) is 12.1 Å². The lowest BCUT2D eigenvalue weighted by Crippen LogP contribution is -2.05. The summed E-state index contributed by atoms with van der Waals surface area (Å²) in [6.07, 6.45) is -4.34. The zero-order valence-electron chi connectivity index (χ0n) is 6.63. The van der Waals surface area contributed by atoms with E-state index in [1.54, 1.807) is 0 Å². The molecular weight excluding hydrogens is 348 g/mol. The van der Waals surface area contributed by atoms with E-state index >= 15 is 0 Å². The van der Waals surface area contributed by atoms with E-state index < -0.39 is 11.7 Å². The minimum absolute atomic E-state index is 0.0309. The van der Waals surface area contributed by atoms with Crippen molar-refractivity contribution in [3.63, 3.8) is 0 Å². The first-order valence-corrected chi connectivity index (χ1v) is 5.59. The van der Waals surface area contributed by atoms with Gasteiger partial charge in [-0.25, -0.2) is 0 Å². The molecule has 0 fully saturated rings. The smallest absolute Gasteiger partial charge is 0.166 e. The van der Waals surface area contributed by atoms with Crippen LogP contribution >= 0.6 is 43.5 Å². The normalized spacial score (nSPS) is 11.9. The molecule has 1 rings (SSSR count). The molecule has 0 atom stereocenters. The molecule has 1 aromatic rings. The van der Waals surface area contributed by atoms with Crippen molar-refractivity contribution in [3.8, 4) is 0 Å². The summed E-state index contributed by atoms with van der Waals surface area (Å²) in [6.45, 7) is 0. The number of hydrogen-bond acceptors (Lipinski definition) is 0. The molecule has 0 unspecified atom stereocenters. The third-order valence-corrected chi connectivity index (χ3v) is 3.96. The van der Waals surface area contributed by atoms with E-state index in [0.29, 0.717) is 14.5 Å². The Morgan fingerprint density at radius 3 is 2.21 bits per heavy atom. The topological polar surface area (TPSA) is 0 Å². The summed E-state index contributed by atoms with van der Waals surface area (Å²) in [7, 11) is 0. The average molecular weight is 352 g/mol. The molecule has 6 heteroatoms. The number of alkyl halides is 4. The monoisotopic (exact) mass is 350 g/mol. The van der Waals surface area contributed by atoms with Crippen LogP contribution in [0.4, 0.5) is 13.2 Å². The second-order valence-electron chi connectivity index (χ2n) is 2.56. The van der Waals surface area contributed by atoms with Crippen LogP contribution in [0.1, 0.15) is 11.1 Å². The zero-order valence-corrected chi connectivity index (χ0v) is 10.6. The zero-order chi connectivity index (χ0) is 10.9. The third kappa shape index (κ3) is 2.64. The third-order valence-electron chi connectivity index (χ3n) is 1.57. The van der Waals surface area contributed by atoms with Crippen molar-refractivity contribution in [3.05, 3.63) is 32.2 Å². The van der Waals surface area contributed by atoms with Crippen molar-refractivity contribution < 1.29 is 13.2 Å². The predicted octanol–water partition coefficient (Wildman–Crippen LogP) is 4.97. The number of hydrogen-bond donors (Lipinski definition) is 0. The van der Waals surface area contributed by atoms with Crippen molar-refractivity contribution in [2.24, 2.45) is 0 Å². The molecule has 0 saturated carbocycles. The quantitative estimate of drug-likeness (QED) is 0.626. The summed E-state index contributed by atoms with van der Waals surface area (Å²) in [6, 6.07) is 2.04. The van der Waals surface area contributed by atoms with Gasteiger partial charge in [0.05, 0.1) is 5.56 Å². The standard InChI is InChI=1S/C8H4Br2ClF3/c9-6-2-5(8(12,13)14)1-4(3-11)7(6)10/h1-2H,3H2. The Hall–Kier alpha value is 0.260. The molecule has 14 heavy (non-hydrogen) atoms. The molecule has 1 aromatic carbocycles. The van der Waals surface area contributed by atoms with E-state index in [9.17, 15) is 13.2 Å². The highest BCUT2D eigenvalue weighted by atomic mass is 79.9. The largest absolute Gasteiger partial charge is 0.416 e. The first-order chi connectivity index (χ1) is 6.36. The summed E-state index contributed by atoms with van der Waals surface area (Å²) in [5.74, 6) is 0.0309. The number of rotatable bonds is 1. The molecule has 0 nitrogen and oxygen atoms in total. The SMILES string of the molecule is FC(F)(F)c1cc(Br)c(Br)c(CCl)c1. The molecule has 0 aromatic heterocycles. The van der Waals surface area contributed by atoms with Crippen LogP contribution in [0.15, 0.2) is 21.1 Å². The minimum Gasteiger partial charge on any atom is -0.166 e. The van der Waals surface area contributed by atoms with E-state index in [-0.39, 0.29) is 5.88 Å². The molecule has 0 heterocycles. The summed E-state index contributed by atoms with van der Waals surface area (Å²) in [4.78, 5) is 0. The fourth-order valence-electron chi connectivity index (χ4n) is 0.907. The summed E-state index contributed by atoms with van der Waals surface area (Å²) in [5.41, 5.74) is -0.295. The van der Waals surface area contributed by atoms with Gasteiger partial charge < -0.3 is 0 Å². The van der Waals surface area contributed by atoms with Crippen LogP contribution in [0.3, 0.4) is 0 Å². The van der Waals surface area contributed by atoms with Gasteiger partial charge in [0.1, 0.15) is 0 Å². The van der Waals surface area contributed by atoms with Crippen LogP contribution in [-0.4, -0.2) is 0 Å². The van der Waals surface area contributed by atoms with Crippen LogP contribution < -0.4 is 0 Å². The number of halogens is 6. The van der Waals surface area contributed by atoms with E-state index in [1.165, 1.54) is 0 Å². The lowest BCUT2D eigenvalue weighted by Gasteiger charge is -2.10. The molecule has 0 radical (unpaired) electrons. The van der Waals surface area contributed by atoms with Gasteiger partial charge in [-0.05, 0) is 49.6 Å². The maximum Gasteiger partial charge on any atom is 0.416 e. The molecule has 0 aliphatic heterocycles. The molecular formula is C8H4Br2ClF3. The minimum atomic E-state index is -4.34. The molecule has 0 amide bonds. The Balaban J connectivity index is 3.30. The van der Waals surface area contributed by atoms with Gasteiger partial charge in [0.15, 0.2) is 0 Å². The van der Waals surface area contributed by atoms with Crippen molar-refractivity contribution in [2.75, 3.05) is 0 Å². The lowest BCUT2D eigenvalue weighted by atomic mass is 10.1. The molecule has 0 bridgehead atoms. The highest BCUT2D eigenvalue weighted by Gasteiger charge is 2.31. The number of benzene rings is 1. The van der Waals surface area contributed by atoms with E-state index in [2.05, 4.69) is 31.9 Å². The Morgan fingerprint density at radius 1 is 1.21 bits per heavy atom. The van der Waals surface area contributed by atoms with Gasteiger partial charge in [0, 0.05) is 14.8 Å². The van der Waals surface area contributed by atoms with Crippen molar-refractivity contribution in [1.82, 2.24) is 0 Å². The predicted molar refractivity (Wildman–Crippen MR) is 56.4 cm³/mol. The Kier molecular flexibility index (Phi) is 3.88. The molecule has 0 saturated heterocycles. The van der Waals surface area contributed by atoms with Crippen LogP contribution in [0, 0.1) is 0 Å². The fraction of sp³-hybridized carbons (Fsp3) is 0.250. The van der Waals surface area contributed by atoms with Crippen LogP contribution in [0.5, 0.6) is 0 Å². The van der Waals surface area contributed by atoms with E-state index in [4.69, 9.17) is 11.6 Å². The highest BCUT2D eigenvalue weighted by Crippen LogP contribution is 2.36.